The number of aryl methyl sites for hydroxylation is 1. The van der Waals surface area contributed by atoms with Crippen molar-refractivity contribution >= 4 is 44.3 Å². The van der Waals surface area contributed by atoms with Crippen LogP contribution in [0.1, 0.15) is 5.56 Å². The maximum absolute atomic E-state index is 6.29. The summed E-state index contributed by atoms with van der Waals surface area (Å²) in [6, 6.07) is 11.7. The molecular weight excluding hydrogens is 350 g/mol. The van der Waals surface area contributed by atoms with Crippen LogP contribution in [0, 0.1) is 6.92 Å². The first-order valence-electron chi connectivity index (χ1n) is 6.50. The molecule has 0 radical (unpaired) electrons. The number of halogens is 2. The second-order valence-corrected chi connectivity index (χ2v) is 6.06. The molecule has 0 unspecified atom stereocenters. The summed E-state index contributed by atoms with van der Waals surface area (Å²) < 4.78 is 0.945. The highest BCUT2D eigenvalue weighted by molar-refractivity contribution is 9.10. The van der Waals surface area contributed by atoms with Gasteiger partial charge in [0.25, 0.3) is 0 Å². The smallest absolute Gasteiger partial charge is 0.163 e. The van der Waals surface area contributed by atoms with E-state index < -0.39 is 0 Å². The van der Waals surface area contributed by atoms with E-state index in [1.54, 1.807) is 0 Å². The summed E-state index contributed by atoms with van der Waals surface area (Å²) in [5.41, 5.74) is 2.86. The fourth-order valence-electron chi connectivity index (χ4n) is 2.32. The van der Waals surface area contributed by atoms with Crippen molar-refractivity contribution in [1.82, 2.24) is 9.97 Å². The summed E-state index contributed by atoms with van der Waals surface area (Å²) in [4.78, 5) is 9.29. The number of benzene rings is 2. The van der Waals surface area contributed by atoms with Gasteiger partial charge in [0.15, 0.2) is 5.82 Å². The lowest BCUT2D eigenvalue weighted by Crippen LogP contribution is -2.00. The van der Waals surface area contributed by atoms with Crippen LogP contribution < -0.4 is 5.32 Å². The highest BCUT2D eigenvalue weighted by Gasteiger charge is 2.12. The Morgan fingerprint density at radius 2 is 1.95 bits per heavy atom. The van der Waals surface area contributed by atoms with E-state index in [2.05, 4.69) is 44.2 Å². The molecule has 0 aliphatic heterocycles. The molecule has 0 atom stereocenters. The van der Waals surface area contributed by atoms with Crippen LogP contribution in [-0.2, 0) is 0 Å². The second kappa shape index (κ2) is 5.62. The van der Waals surface area contributed by atoms with E-state index in [1.165, 1.54) is 0 Å². The number of nitrogens with zero attached hydrogens (tertiary/aromatic N) is 2. The monoisotopic (exact) mass is 361 g/mol. The average Bonchev–Trinajstić information content (AvgIpc) is 2.48. The molecule has 1 heterocycles. The van der Waals surface area contributed by atoms with Crippen LogP contribution in [0.3, 0.4) is 0 Å². The fourth-order valence-corrected chi connectivity index (χ4v) is 2.89. The molecule has 1 N–H and O–H groups in total. The number of fused-ring (bicyclic) bond motifs is 1. The van der Waals surface area contributed by atoms with Gasteiger partial charge in [0.2, 0.25) is 0 Å². The highest BCUT2D eigenvalue weighted by atomic mass is 79.9. The molecule has 3 nitrogen and oxygen atoms in total. The molecule has 0 amide bonds. The predicted octanol–water partition coefficient (Wildman–Crippen LogP) is 5.06. The Balaban J connectivity index is 2.32. The van der Waals surface area contributed by atoms with E-state index in [-0.39, 0.29) is 0 Å². The first-order valence-corrected chi connectivity index (χ1v) is 7.68. The van der Waals surface area contributed by atoms with Crippen LogP contribution in [0.15, 0.2) is 40.9 Å². The summed E-state index contributed by atoms with van der Waals surface area (Å²) in [5, 5.41) is 4.82. The number of hydrogen-bond donors (Lipinski definition) is 1. The van der Waals surface area contributed by atoms with Gasteiger partial charge in [-0.2, -0.15) is 0 Å². The number of hydrogen-bond acceptors (Lipinski definition) is 3. The molecule has 106 valence electrons. The predicted molar refractivity (Wildman–Crippen MR) is 92.0 cm³/mol. The first-order chi connectivity index (χ1) is 10.1. The molecule has 1 aromatic heterocycles. The van der Waals surface area contributed by atoms with Gasteiger partial charge < -0.3 is 5.32 Å². The zero-order chi connectivity index (χ0) is 15.0. The lowest BCUT2D eigenvalue weighted by atomic mass is 10.1. The van der Waals surface area contributed by atoms with E-state index in [0.29, 0.717) is 10.8 Å². The SMILES string of the molecule is CNc1nc(-c2cc(Br)ccc2Cl)nc2cccc(C)c12. The topological polar surface area (TPSA) is 37.8 Å². The van der Waals surface area contributed by atoms with Crippen molar-refractivity contribution in [2.75, 3.05) is 12.4 Å². The largest absolute Gasteiger partial charge is 0.373 e. The van der Waals surface area contributed by atoms with Gasteiger partial charge >= 0.3 is 0 Å². The molecule has 0 spiro atoms. The minimum absolute atomic E-state index is 0.615. The lowest BCUT2D eigenvalue weighted by Gasteiger charge is -2.11. The number of aromatic nitrogens is 2. The molecule has 0 bridgehead atoms. The van der Waals surface area contributed by atoms with E-state index in [0.717, 1.165) is 32.3 Å². The van der Waals surface area contributed by atoms with E-state index >= 15 is 0 Å². The fraction of sp³-hybridized carbons (Fsp3) is 0.125. The standard InChI is InChI=1S/C16H13BrClN3/c1-9-4-3-5-13-14(9)16(19-2)21-15(20-13)11-8-10(17)6-7-12(11)18/h3-8H,1-2H3,(H,19,20,21). The minimum Gasteiger partial charge on any atom is -0.373 e. The normalized spacial score (nSPS) is 10.9. The lowest BCUT2D eigenvalue weighted by molar-refractivity contribution is 1.21. The molecule has 0 aliphatic rings. The molecular formula is C16H13BrClN3. The Morgan fingerprint density at radius 3 is 2.71 bits per heavy atom. The molecule has 0 saturated heterocycles. The first kappa shape index (κ1) is 14.3. The highest BCUT2D eigenvalue weighted by Crippen LogP contribution is 2.32. The van der Waals surface area contributed by atoms with Gasteiger partial charge in [-0.05, 0) is 36.8 Å². The van der Waals surface area contributed by atoms with Crippen LogP contribution in [0.2, 0.25) is 5.02 Å². The molecule has 0 saturated carbocycles. The Kier molecular flexibility index (Phi) is 3.83. The van der Waals surface area contributed by atoms with Crippen LogP contribution in [0.5, 0.6) is 0 Å². The molecule has 2 aromatic carbocycles. The van der Waals surface area contributed by atoms with Gasteiger partial charge in [-0.25, -0.2) is 9.97 Å². The second-order valence-electron chi connectivity index (χ2n) is 4.74. The van der Waals surface area contributed by atoms with Crippen molar-refractivity contribution in [2.24, 2.45) is 0 Å². The van der Waals surface area contributed by atoms with Crippen LogP contribution >= 0.6 is 27.5 Å². The maximum Gasteiger partial charge on any atom is 0.163 e. The van der Waals surface area contributed by atoms with Crippen molar-refractivity contribution < 1.29 is 0 Å². The van der Waals surface area contributed by atoms with Crippen molar-refractivity contribution in [3.05, 3.63) is 51.5 Å². The van der Waals surface area contributed by atoms with Crippen molar-refractivity contribution in [3.8, 4) is 11.4 Å². The maximum atomic E-state index is 6.29. The van der Waals surface area contributed by atoms with E-state index in [4.69, 9.17) is 11.6 Å². The summed E-state index contributed by atoms with van der Waals surface area (Å²) in [5.74, 6) is 1.42. The van der Waals surface area contributed by atoms with Gasteiger partial charge in [0, 0.05) is 22.5 Å². The summed E-state index contributed by atoms with van der Waals surface area (Å²) >= 11 is 9.75. The number of nitrogens with one attached hydrogen (secondary N) is 1. The molecule has 0 aliphatic carbocycles. The summed E-state index contributed by atoms with van der Waals surface area (Å²) in [6.07, 6.45) is 0. The third kappa shape index (κ3) is 2.61. The van der Waals surface area contributed by atoms with Gasteiger partial charge in [-0.15, -0.1) is 0 Å². The van der Waals surface area contributed by atoms with E-state index in [9.17, 15) is 0 Å². The van der Waals surface area contributed by atoms with Crippen LogP contribution in [0.4, 0.5) is 5.82 Å². The summed E-state index contributed by atoms with van der Waals surface area (Å²) in [7, 11) is 1.86. The Bertz CT molecular complexity index is 833. The van der Waals surface area contributed by atoms with Crippen LogP contribution in [-0.4, -0.2) is 17.0 Å². The van der Waals surface area contributed by atoms with Gasteiger partial charge in [0.1, 0.15) is 5.82 Å². The van der Waals surface area contributed by atoms with Crippen molar-refractivity contribution in [2.45, 2.75) is 6.92 Å². The molecule has 0 fully saturated rings. The van der Waals surface area contributed by atoms with Gasteiger partial charge in [-0.1, -0.05) is 39.7 Å². The third-order valence-electron chi connectivity index (χ3n) is 3.34. The van der Waals surface area contributed by atoms with Gasteiger partial charge in [0.05, 0.1) is 10.5 Å². The van der Waals surface area contributed by atoms with E-state index in [1.807, 2.05) is 37.4 Å². The van der Waals surface area contributed by atoms with Crippen molar-refractivity contribution in [3.63, 3.8) is 0 Å². The zero-order valence-electron chi connectivity index (χ0n) is 11.6. The average molecular weight is 363 g/mol. The number of anilines is 1. The zero-order valence-corrected chi connectivity index (χ0v) is 14.0. The van der Waals surface area contributed by atoms with Crippen molar-refractivity contribution in [1.29, 1.82) is 0 Å². The number of rotatable bonds is 2. The molecule has 3 rings (SSSR count). The third-order valence-corrected chi connectivity index (χ3v) is 4.16. The quantitative estimate of drug-likeness (QED) is 0.692. The minimum atomic E-state index is 0.615. The Hall–Kier alpha value is -1.65. The summed E-state index contributed by atoms with van der Waals surface area (Å²) in [6.45, 7) is 2.05. The Morgan fingerprint density at radius 1 is 1.14 bits per heavy atom. The Labute approximate surface area is 136 Å². The molecule has 5 heteroatoms. The molecule has 21 heavy (non-hydrogen) atoms. The molecule has 3 aromatic rings. The van der Waals surface area contributed by atoms with Crippen LogP contribution in [0.25, 0.3) is 22.3 Å². The van der Waals surface area contributed by atoms with Gasteiger partial charge in [-0.3, -0.25) is 0 Å².